The highest BCUT2D eigenvalue weighted by molar-refractivity contribution is 7.80. The van der Waals surface area contributed by atoms with E-state index in [9.17, 15) is 14.4 Å². The van der Waals surface area contributed by atoms with Gasteiger partial charge in [-0.2, -0.15) is 12.6 Å². The molecular formula is C16H31N3O3S. The monoisotopic (exact) mass is 345 g/mol. The summed E-state index contributed by atoms with van der Waals surface area (Å²) in [4.78, 5) is 39.4. The standard InChI is InChI=1S/C16H31N3O3S/c1-13(20)12-14(16(22)17-9-7-10-18(2)3)19(4)15(21)8-5-6-11-23/h14,23H,5-12H2,1-4H3,(H,17,22)/t14-/m1/s1. The lowest BCUT2D eigenvalue weighted by atomic mass is 10.1. The van der Waals surface area contributed by atoms with Gasteiger partial charge in [0.15, 0.2) is 0 Å². The first-order chi connectivity index (χ1) is 10.8. The molecule has 2 amide bonds. The predicted molar refractivity (Wildman–Crippen MR) is 95.7 cm³/mol. The number of nitrogens with one attached hydrogen (secondary N) is 1. The molecule has 0 rings (SSSR count). The minimum absolute atomic E-state index is 0.0499. The smallest absolute Gasteiger partial charge is 0.243 e. The Balaban J connectivity index is 4.55. The van der Waals surface area contributed by atoms with Crippen LogP contribution in [0, 0.1) is 0 Å². The van der Waals surface area contributed by atoms with Crippen molar-refractivity contribution in [2.24, 2.45) is 0 Å². The maximum absolute atomic E-state index is 12.3. The van der Waals surface area contributed by atoms with Gasteiger partial charge in [-0.1, -0.05) is 0 Å². The van der Waals surface area contributed by atoms with Gasteiger partial charge in [0.2, 0.25) is 11.8 Å². The van der Waals surface area contributed by atoms with Crippen LogP contribution < -0.4 is 5.32 Å². The number of rotatable bonds is 12. The van der Waals surface area contributed by atoms with E-state index in [2.05, 4.69) is 17.9 Å². The van der Waals surface area contributed by atoms with E-state index >= 15 is 0 Å². The van der Waals surface area contributed by atoms with Crippen molar-refractivity contribution in [3.8, 4) is 0 Å². The van der Waals surface area contributed by atoms with Gasteiger partial charge >= 0.3 is 0 Å². The normalized spacial score (nSPS) is 12.1. The Morgan fingerprint density at radius 2 is 1.74 bits per heavy atom. The maximum atomic E-state index is 12.3. The second-order valence-corrected chi connectivity index (χ2v) is 6.50. The average molecular weight is 346 g/mol. The molecule has 0 bridgehead atoms. The number of nitrogens with zero attached hydrogens (tertiary/aromatic N) is 2. The Morgan fingerprint density at radius 3 is 2.26 bits per heavy atom. The minimum Gasteiger partial charge on any atom is -0.354 e. The molecule has 0 aliphatic rings. The van der Waals surface area contributed by atoms with E-state index in [1.807, 2.05) is 19.0 Å². The number of hydrogen-bond donors (Lipinski definition) is 2. The van der Waals surface area contributed by atoms with Crippen molar-refractivity contribution in [2.45, 2.75) is 45.1 Å². The second-order valence-electron chi connectivity index (χ2n) is 6.06. The number of carbonyl (C=O) groups excluding carboxylic acids is 3. The van der Waals surface area contributed by atoms with Crippen LogP contribution in [0.1, 0.15) is 39.0 Å². The van der Waals surface area contributed by atoms with E-state index in [0.29, 0.717) is 13.0 Å². The average Bonchev–Trinajstić information content (AvgIpc) is 2.48. The Kier molecular flexibility index (Phi) is 11.8. The number of amides is 2. The minimum atomic E-state index is -0.727. The first-order valence-corrected chi connectivity index (χ1v) is 8.71. The van der Waals surface area contributed by atoms with Gasteiger partial charge in [-0.3, -0.25) is 14.4 Å². The fourth-order valence-corrected chi connectivity index (χ4v) is 2.36. The fraction of sp³-hybridized carbons (Fsp3) is 0.812. The van der Waals surface area contributed by atoms with Crippen LogP contribution in [-0.4, -0.2) is 73.4 Å². The Bertz CT molecular complexity index is 389. The van der Waals surface area contributed by atoms with E-state index in [0.717, 1.165) is 31.6 Å². The highest BCUT2D eigenvalue weighted by Gasteiger charge is 2.27. The zero-order valence-corrected chi connectivity index (χ0v) is 15.7. The molecular weight excluding hydrogens is 314 g/mol. The molecule has 0 spiro atoms. The summed E-state index contributed by atoms with van der Waals surface area (Å²) >= 11 is 4.12. The third-order valence-electron chi connectivity index (χ3n) is 3.52. The Morgan fingerprint density at radius 1 is 1.09 bits per heavy atom. The lowest BCUT2D eigenvalue weighted by Gasteiger charge is -2.27. The van der Waals surface area contributed by atoms with Crippen molar-refractivity contribution >= 4 is 30.2 Å². The molecule has 0 heterocycles. The summed E-state index contributed by atoms with van der Waals surface area (Å²) in [6.07, 6.45) is 2.85. The van der Waals surface area contributed by atoms with Crippen molar-refractivity contribution in [3.05, 3.63) is 0 Å². The number of thiol groups is 1. The van der Waals surface area contributed by atoms with Gasteiger partial charge in [-0.15, -0.1) is 0 Å². The number of carbonyl (C=O) groups is 3. The van der Waals surface area contributed by atoms with Crippen molar-refractivity contribution in [1.29, 1.82) is 0 Å². The third kappa shape index (κ3) is 10.3. The summed E-state index contributed by atoms with van der Waals surface area (Å²) in [6.45, 7) is 2.84. The van der Waals surface area contributed by atoms with Gasteiger partial charge in [-0.05, 0) is 52.6 Å². The van der Waals surface area contributed by atoms with Crippen LogP contribution >= 0.6 is 12.6 Å². The van der Waals surface area contributed by atoms with Gasteiger partial charge in [0, 0.05) is 26.4 Å². The quantitative estimate of drug-likeness (QED) is 0.408. The van der Waals surface area contributed by atoms with Crippen LogP contribution in [-0.2, 0) is 14.4 Å². The highest BCUT2D eigenvalue weighted by Crippen LogP contribution is 2.08. The molecule has 0 aromatic heterocycles. The van der Waals surface area contributed by atoms with Crippen LogP contribution in [0.3, 0.4) is 0 Å². The van der Waals surface area contributed by atoms with Crippen molar-refractivity contribution < 1.29 is 14.4 Å². The van der Waals surface area contributed by atoms with Gasteiger partial charge in [0.05, 0.1) is 0 Å². The molecule has 0 radical (unpaired) electrons. The molecule has 1 N–H and O–H groups in total. The second kappa shape index (κ2) is 12.4. The third-order valence-corrected chi connectivity index (χ3v) is 3.84. The summed E-state index contributed by atoms with van der Waals surface area (Å²) < 4.78 is 0. The topological polar surface area (TPSA) is 69.7 Å². The maximum Gasteiger partial charge on any atom is 0.243 e. The van der Waals surface area contributed by atoms with Crippen molar-refractivity contribution in [3.63, 3.8) is 0 Å². The summed E-state index contributed by atoms with van der Waals surface area (Å²) in [5, 5.41) is 2.82. The summed E-state index contributed by atoms with van der Waals surface area (Å²) in [5.41, 5.74) is 0. The molecule has 0 aromatic carbocycles. The largest absolute Gasteiger partial charge is 0.354 e. The van der Waals surface area contributed by atoms with E-state index in [1.165, 1.54) is 11.8 Å². The van der Waals surface area contributed by atoms with Gasteiger partial charge in [0.25, 0.3) is 0 Å². The number of ketones is 1. The SMILES string of the molecule is CC(=O)C[C@H](C(=O)NCCCN(C)C)N(C)C(=O)CCCCS. The molecule has 134 valence electrons. The molecule has 0 aliphatic heterocycles. The molecule has 0 saturated carbocycles. The zero-order valence-electron chi connectivity index (χ0n) is 14.8. The van der Waals surface area contributed by atoms with Crippen LogP contribution in [0.2, 0.25) is 0 Å². The van der Waals surface area contributed by atoms with Crippen molar-refractivity contribution in [2.75, 3.05) is 40.0 Å². The number of Topliss-reactive ketones (excluding diaryl/α,β-unsaturated/α-hetero) is 1. The first kappa shape index (κ1) is 21.9. The van der Waals surface area contributed by atoms with Gasteiger partial charge in [0.1, 0.15) is 11.8 Å². The first-order valence-electron chi connectivity index (χ1n) is 8.08. The molecule has 23 heavy (non-hydrogen) atoms. The van der Waals surface area contributed by atoms with Crippen molar-refractivity contribution in [1.82, 2.24) is 15.1 Å². The van der Waals surface area contributed by atoms with E-state index in [-0.39, 0.29) is 24.0 Å². The van der Waals surface area contributed by atoms with E-state index in [1.54, 1.807) is 7.05 Å². The van der Waals surface area contributed by atoms with Crippen LogP contribution in [0.15, 0.2) is 0 Å². The number of unbranched alkanes of at least 4 members (excludes halogenated alkanes) is 1. The molecule has 7 heteroatoms. The summed E-state index contributed by atoms with van der Waals surface area (Å²) in [5.74, 6) is 0.263. The van der Waals surface area contributed by atoms with Crippen LogP contribution in [0.25, 0.3) is 0 Å². The van der Waals surface area contributed by atoms with E-state index in [4.69, 9.17) is 0 Å². The fourth-order valence-electron chi connectivity index (χ4n) is 2.14. The van der Waals surface area contributed by atoms with E-state index < -0.39 is 6.04 Å². The zero-order chi connectivity index (χ0) is 17.8. The summed E-state index contributed by atoms with van der Waals surface area (Å²) in [7, 11) is 5.53. The molecule has 0 fully saturated rings. The number of hydrogen-bond acceptors (Lipinski definition) is 5. The Labute approximate surface area is 145 Å². The highest BCUT2D eigenvalue weighted by atomic mass is 32.1. The Hall–Kier alpha value is -1.08. The molecule has 0 saturated heterocycles. The van der Waals surface area contributed by atoms with Gasteiger partial charge < -0.3 is 15.1 Å². The lowest BCUT2D eigenvalue weighted by molar-refractivity contribution is -0.140. The number of likely N-dealkylation sites (N-methyl/N-ethyl adjacent to an activating group) is 1. The van der Waals surface area contributed by atoms with Crippen LogP contribution in [0.4, 0.5) is 0 Å². The molecule has 6 nitrogen and oxygen atoms in total. The summed E-state index contributed by atoms with van der Waals surface area (Å²) in [6, 6.07) is -0.727. The molecule has 1 atom stereocenters. The predicted octanol–water partition coefficient (Wildman–Crippen LogP) is 0.961. The van der Waals surface area contributed by atoms with Gasteiger partial charge in [-0.25, -0.2) is 0 Å². The molecule has 0 aliphatic carbocycles. The molecule has 0 aromatic rings. The molecule has 0 unspecified atom stereocenters. The lowest BCUT2D eigenvalue weighted by Crippen LogP contribution is -2.48. The van der Waals surface area contributed by atoms with Crippen LogP contribution in [0.5, 0.6) is 0 Å².